The highest BCUT2D eigenvalue weighted by Gasteiger charge is 2.17. The van der Waals surface area contributed by atoms with Crippen LogP contribution in [0.25, 0.3) is 0 Å². The number of rotatable bonds is 8. The predicted molar refractivity (Wildman–Crippen MR) is 87.9 cm³/mol. The van der Waals surface area contributed by atoms with Crippen molar-refractivity contribution in [1.29, 1.82) is 0 Å². The Bertz CT molecular complexity index is 472. The molecule has 1 aliphatic heterocycles. The molecular weight excluding hydrogens is 300 g/mol. The molecule has 0 aliphatic carbocycles. The van der Waals surface area contributed by atoms with E-state index in [1.54, 1.807) is 11.8 Å². The molecule has 1 fully saturated rings. The van der Waals surface area contributed by atoms with Gasteiger partial charge in [-0.2, -0.15) is 11.8 Å². The topological polar surface area (TPSA) is 71.3 Å². The first-order valence-corrected chi connectivity index (χ1v) is 9.14. The van der Waals surface area contributed by atoms with E-state index in [0.717, 1.165) is 12.3 Å². The van der Waals surface area contributed by atoms with Crippen molar-refractivity contribution in [3.63, 3.8) is 0 Å². The number of likely N-dealkylation sites (tertiary alicyclic amines) is 1. The second-order valence-electron chi connectivity index (χ2n) is 6.02. The Hall–Kier alpha value is -1.08. The van der Waals surface area contributed by atoms with E-state index in [-0.39, 0.29) is 17.9 Å². The molecule has 1 aromatic rings. The Morgan fingerprint density at radius 1 is 1.27 bits per heavy atom. The second kappa shape index (κ2) is 8.53. The van der Waals surface area contributed by atoms with Crippen LogP contribution in [0, 0.1) is 0 Å². The van der Waals surface area contributed by atoms with E-state index in [0.29, 0.717) is 17.5 Å². The molecule has 2 heterocycles. The normalized spacial score (nSPS) is 17.1. The Morgan fingerprint density at radius 3 is 2.59 bits per heavy atom. The Morgan fingerprint density at radius 2 is 1.95 bits per heavy atom. The van der Waals surface area contributed by atoms with E-state index in [2.05, 4.69) is 20.4 Å². The van der Waals surface area contributed by atoms with Crippen LogP contribution in [0.15, 0.2) is 4.42 Å². The van der Waals surface area contributed by atoms with Gasteiger partial charge in [-0.25, -0.2) is 0 Å². The molecule has 0 radical (unpaired) electrons. The molecule has 6 nitrogen and oxygen atoms in total. The van der Waals surface area contributed by atoms with E-state index in [9.17, 15) is 4.79 Å². The van der Waals surface area contributed by atoms with Gasteiger partial charge in [-0.05, 0) is 32.9 Å². The minimum atomic E-state index is -0.244. The summed E-state index contributed by atoms with van der Waals surface area (Å²) in [6.07, 6.45) is 2.62. The predicted octanol–water partition coefficient (Wildman–Crippen LogP) is 2.20. The third-order valence-electron chi connectivity index (χ3n) is 3.68. The van der Waals surface area contributed by atoms with Crippen LogP contribution in [0.2, 0.25) is 0 Å². The van der Waals surface area contributed by atoms with E-state index in [4.69, 9.17) is 4.42 Å². The molecule has 7 heteroatoms. The third-order valence-corrected chi connectivity index (χ3v) is 4.62. The van der Waals surface area contributed by atoms with E-state index >= 15 is 0 Å². The van der Waals surface area contributed by atoms with Crippen molar-refractivity contribution in [3.05, 3.63) is 11.8 Å². The van der Waals surface area contributed by atoms with Crippen molar-refractivity contribution in [1.82, 2.24) is 20.4 Å². The zero-order valence-corrected chi connectivity index (χ0v) is 14.5. The van der Waals surface area contributed by atoms with Gasteiger partial charge in [0.1, 0.15) is 6.04 Å². The molecule has 124 valence electrons. The molecule has 1 aliphatic rings. The van der Waals surface area contributed by atoms with Crippen LogP contribution < -0.4 is 5.32 Å². The molecule has 2 rings (SSSR count). The third kappa shape index (κ3) is 5.28. The van der Waals surface area contributed by atoms with E-state index < -0.39 is 0 Å². The van der Waals surface area contributed by atoms with Gasteiger partial charge < -0.3 is 14.6 Å². The van der Waals surface area contributed by atoms with Crippen molar-refractivity contribution in [2.45, 2.75) is 45.6 Å². The number of nitrogens with one attached hydrogen (secondary N) is 1. The molecule has 1 N–H and O–H groups in total. The molecule has 0 bridgehead atoms. The van der Waals surface area contributed by atoms with Gasteiger partial charge in [-0.15, -0.1) is 10.2 Å². The van der Waals surface area contributed by atoms with Crippen molar-refractivity contribution in [2.75, 3.05) is 31.1 Å². The molecule has 22 heavy (non-hydrogen) atoms. The van der Waals surface area contributed by atoms with Gasteiger partial charge in [0.2, 0.25) is 17.7 Å². The maximum atomic E-state index is 11.9. The molecule has 1 aromatic heterocycles. The van der Waals surface area contributed by atoms with Crippen LogP contribution >= 0.6 is 11.8 Å². The lowest BCUT2D eigenvalue weighted by atomic mass is 10.2. The van der Waals surface area contributed by atoms with Crippen LogP contribution in [0.5, 0.6) is 0 Å². The smallest absolute Gasteiger partial charge is 0.238 e. The fraction of sp³-hybridized carbons (Fsp3) is 0.800. The summed E-state index contributed by atoms with van der Waals surface area (Å²) in [5.74, 6) is 2.77. The Balaban J connectivity index is 1.64. The maximum absolute atomic E-state index is 11.9. The summed E-state index contributed by atoms with van der Waals surface area (Å²) in [5, 5.41) is 10.9. The first kappa shape index (κ1) is 17.3. The molecule has 1 saturated heterocycles. The summed E-state index contributed by atoms with van der Waals surface area (Å²) < 4.78 is 5.55. The lowest BCUT2D eigenvalue weighted by molar-refractivity contribution is -0.119. The van der Waals surface area contributed by atoms with Gasteiger partial charge in [0.15, 0.2) is 0 Å². The summed E-state index contributed by atoms with van der Waals surface area (Å²) in [4.78, 5) is 14.4. The minimum Gasteiger partial charge on any atom is -0.423 e. The lowest BCUT2D eigenvalue weighted by Gasteiger charge is -2.14. The summed E-state index contributed by atoms with van der Waals surface area (Å²) in [6.45, 7) is 9.35. The first-order valence-electron chi connectivity index (χ1n) is 7.99. The molecule has 0 aromatic carbocycles. The molecule has 0 spiro atoms. The molecule has 1 amide bonds. The van der Waals surface area contributed by atoms with Crippen LogP contribution in [-0.2, 0) is 4.79 Å². The van der Waals surface area contributed by atoms with Crippen molar-refractivity contribution >= 4 is 17.7 Å². The summed E-state index contributed by atoms with van der Waals surface area (Å²) in [6, 6.07) is -0.244. The summed E-state index contributed by atoms with van der Waals surface area (Å²) in [5.41, 5.74) is 0. The quantitative estimate of drug-likeness (QED) is 0.739. The highest BCUT2D eigenvalue weighted by molar-refractivity contribution is 7.99. The van der Waals surface area contributed by atoms with Gasteiger partial charge in [0.05, 0.1) is 5.75 Å². The highest BCUT2D eigenvalue weighted by Crippen LogP contribution is 2.16. The average Bonchev–Trinajstić information content (AvgIpc) is 3.14. The van der Waals surface area contributed by atoms with Gasteiger partial charge in [-0.3, -0.25) is 4.79 Å². The summed E-state index contributed by atoms with van der Waals surface area (Å²) >= 11 is 1.68. The number of hydrogen-bond donors (Lipinski definition) is 1. The standard InChI is InChI=1S/C15H26N4O2S/c1-11(2)14-17-18-15(21-14)12(3)16-13(20)10-22-9-8-19-6-4-5-7-19/h11-12H,4-10H2,1-3H3,(H,16,20)/t12-/m1/s1. The molecular formula is C15H26N4O2S. The van der Waals surface area contributed by atoms with Crippen LogP contribution in [0.4, 0.5) is 0 Å². The fourth-order valence-electron chi connectivity index (χ4n) is 2.36. The fourth-order valence-corrected chi connectivity index (χ4v) is 3.16. The number of carbonyl (C=O) groups is 1. The number of aromatic nitrogens is 2. The monoisotopic (exact) mass is 326 g/mol. The highest BCUT2D eigenvalue weighted by atomic mass is 32.2. The molecule has 1 atom stereocenters. The van der Waals surface area contributed by atoms with Gasteiger partial charge in [0, 0.05) is 18.2 Å². The van der Waals surface area contributed by atoms with E-state index in [1.165, 1.54) is 25.9 Å². The zero-order chi connectivity index (χ0) is 15.9. The summed E-state index contributed by atoms with van der Waals surface area (Å²) in [7, 11) is 0. The lowest BCUT2D eigenvalue weighted by Crippen LogP contribution is -2.29. The zero-order valence-electron chi connectivity index (χ0n) is 13.7. The van der Waals surface area contributed by atoms with Crippen molar-refractivity contribution in [3.8, 4) is 0 Å². The number of thioether (sulfide) groups is 1. The largest absolute Gasteiger partial charge is 0.423 e. The van der Waals surface area contributed by atoms with Gasteiger partial charge >= 0.3 is 0 Å². The number of amides is 1. The number of carbonyl (C=O) groups excluding carboxylic acids is 1. The van der Waals surface area contributed by atoms with Crippen LogP contribution in [0.3, 0.4) is 0 Å². The Kier molecular flexibility index (Phi) is 6.70. The van der Waals surface area contributed by atoms with Gasteiger partial charge in [-0.1, -0.05) is 13.8 Å². The SMILES string of the molecule is CC(C)c1nnc([C@@H](C)NC(=O)CSCCN2CCCC2)o1. The van der Waals surface area contributed by atoms with Crippen LogP contribution in [0.1, 0.15) is 57.4 Å². The second-order valence-corrected chi connectivity index (χ2v) is 7.13. The number of hydrogen-bond acceptors (Lipinski definition) is 6. The van der Waals surface area contributed by atoms with Gasteiger partial charge in [0.25, 0.3) is 0 Å². The van der Waals surface area contributed by atoms with Crippen molar-refractivity contribution in [2.24, 2.45) is 0 Å². The number of nitrogens with zero attached hydrogens (tertiary/aromatic N) is 3. The molecule has 0 unspecified atom stereocenters. The first-order chi connectivity index (χ1) is 10.6. The average molecular weight is 326 g/mol. The Labute approximate surface area is 136 Å². The minimum absolute atomic E-state index is 0.0169. The van der Waals surface area contributed by atoms with Crippen LogP contribution in [-0.4, -0.2) is 52.1 Å². The van der Waals surface area contributed by atoms with Crippen molar-refractivity contribution < 1.29 is 9.21 Å². The molecule has 0 saturated carbocycles. The maximum Gasteiger partial charge on any atom is 0.238 e. The van der Waals surface area contributed by atoms with E-state index in [1.807, 2.05) is 20.8 Å².